The summed E-state index contributed by atoms with van der Waals surface area (Å²) in [5, 5.41) is 12.3. The van der Waals surface area contributed by atoms with Crippen LogP contribution >= 0.6 is 11.8 Å². The summed E-state index contributed by atoms with van der Waals surface area (Å²) < 4.78 is 15.0. The molecule has 5 nitrogen and oxygen atoms in total. The van der Waals surface area contributed by atoms with Crippen molar-refractivity contribution < 1.29 is 9.60 Å². The second-order valence-corrected chi connectivity index (χ2v) is 4.56. The van der Waals surface area contributed by atoms with E-state index in [-0.39, 0.29) is 5.84 Å². The minimum atomic E-state index is -0.444. The molecular formula is C11H11FN4OS. The van der Waals surface area contributed by atoms with Crippen LogP contribution < -0.4 is 5.73 Å². The Morgan fingerprint density at radius 3 is 2.94 bits per heavy atom. The molecule has 2 aromatic rings. The predicted molar refractivity (Wildman–Crippen MR) is 66.2 cm³/mol. The topological polar surface area (TPSA) is 76.4 Å². The zero-order chi connectivity index (χ0) is 13.1. The molecule has 7 heteroatoms. The van der Waals surface area contributed by atoms with E-state index in [2.05, 4.69) is 10.1 Å². The molecule has 1 aromatic heterocycles. The second kappa shape index (κ2) is 5.09. The number of nitrogens with two attached hydrogens (primary N) is 1. The molecule has 1 heterocycles. The third-order valence-corrected chi connectivity index (χ3v) is 3.46. The largest absolute Gasteiger partial charge is 0.409 e. The van der Waals surface area contributed by atoms with Gasteiger partial charge in [0.2, 0.25) is 0 Å². The van der Waals surface area contributed by atoms with Gasteiger partial charge in [-0.15, -0.1) is 0 Å². The number of nitrogens with zero attached hydrogens (tertiary/aromatic N) is 3. The minimum Gasteiger partial charge on any atom is -0.409 e. The molecule has 2 rings (SSSR count). The molecule has 0 saturated carbocycles. The van der Waals surface area contributed by atoms with Gasteiger partial charge in [0.15, 0.2) is 11.0 Å². The summed E-state index contributed by atoms with van der Waals surface area (Å²) in [7, 11) is 1.85. The van der Waals surface area contributed by atoms with Crippen LogP contribution in [0.15, 0.2) is 45.8 Å². The SMILES string of the molecule is Cn1ccnc1Sc1ccc(F)cc1C(N)=NO. The molecule has 18 heavy (non-hydrogen) atoms. The number of imidazole rings is 1. The molecule has 0 bridgehead atoms. The van der Waals surface area contributed by atoms with Crippen LogP contribution in [0.3, 0.4) is 0 Å². The number of aryl methyl sites for hydroxylation is 1. The molecule has 3 N–H and O–H groups in total. The molecule has 94 valence electrons. The summed E-state index contributed by atoms with van der Waals surface area (Å²) in [6.07, 6.45) is 3.46. The molecule has 0 aliphatic rings. The number of amidine groups is 1. The Morgan fingerprint density at radius 2 is 2.33 bits per heavy atom. The van der Waals surface area contributed by atoms with E-state index in [0.29, 0.717) is 10.5 Å². The van der Waals surface area contributed by atoms with E-state index in [1.165, 1.54) is 23.9 Å². The lowest BCUT2D eigenvalue weighted by Crippen LogP contribution is -2.14. The lowest BCUT2D eigenvalue weighted by Gasteiger charge is -2.07. The molecule has 0 aliphatic heterocycles. The van der Waals surface area contributed by atoms with Gasteiger partial charge >= 0.3 is 0 Å². The first-order valence-electron chi connectivity index (χ1n) is 5.04. The molecule has 0 spiro atoms. The second-order valence-electron chi connectivity index (χ2n) is 3.55. The minimum absolute atomic E-state index is 0.133. The Bertz CT molecular complexity index is 596. The third-order valence-electron chi connectivity index (χ3n) is 2.30. The highest BCUT2D eigenvalue weighted by Gasteiger charge is 2.12. The van der Waals surface area contributed by atoms with Crippen LogP contribution in [-0.2, 0) is 7.05 Å². The third kappa shape index (κ3) is 2.45. The lowest BCUT2D eigenvalue weighted by molar-refractivity contribution is 0.318. The average molecular weight is 266 g/mol. The first kappa shape index (κ1) is 12.4. The summed E-state index contributed by atoms with van der Waals surface area (Å²) in [5.74, 6) is -0.577. The fraction of sp³-hybridized carbons (Fsp3) is 0.0909. The van der Waals surface area contributed by atoms with Crippen LogP contribution in [0.5, 0.6) is 0 Å². The molecule has 1 aromatic carbocycles. The number of hydrogen-bond donors (Lipinski definition) is 2. The Labute approximate surface area is 107 Å². The van der Waals surface area contributed by atoms with E-state index >= 15 is 0 Å². The summed E-state index contributed by atoms with van der Waals surface area (Å²) in [5.41, 5.74) is 5.86. The maximum atomic E-state index is 13.2. The van der Waals surface area contributed by atoms with Gasteiger partial charge in [-0.1, -0.05) is 16.9 Å². The van der Waals surface area contributed by atoms with Gasteiger partial charge in [-0.3, -0.25) is 0 Å². The molecule has 0 amide bonds. The number of halogens is 1. The van der Waals surface area contributed by atoms with Gasteiger partial charge in [-0.05, 0) is 18.2 Å². The highest BCUT2D eigenvalue weighted by Crippen LogP contribution is 2.29. The standard InChI is InChI=1S/C11H11FN4OS/c1-16-5-4-14-11(16)18-9-3-2-7(12)6-8(9)10(13)15-17/h2-6,17H,1H3,(H2,13,15). The average Bonchev–Trinajstić information content (AvgIpc) is 2.76. The molecule has 0 saturated heterocycles. The van der Waals surface area contributed by atoms with Gasteiger partial charge in [0, 0.05) is 29.9 Å². The van der Waals surface area contributed by atoms with Crippen molar-refractivity contribution in [1.29, 1.82) is 0 Å². The van der Waals surface area contributed by atoms with Crippen molar-refractivity contribution in [1.82, 2.24) is 9.55 Å². The number of hydrogen-bond acceptors (Lipinski definition) is 4. The van der Waals surface area contributed by atoms with Gasteiger partial charge in [0.05, 0.1) is 0 Å². The van der Waals surface area contributed by atoms with Crippen molar-refractivity contribution in [2.45, 2.75) is 10.1 Å². The maximum Gasteiger partial charge on any atom is 0.172 e. The van der Waals surface area contributed by atoms with Crippen LogP contribution in [0, 0.1) is 5.82 Å². The van der Waals surface area contributed by atoms with Crippen molar-refractivity contribution in [3.63, 3.8) is 0 Å². The van der Waals surface area contributed by atoms with E-state index in [9.17, 15) is 4.39 Å². The van der Waals surface area contributed by atoms with E-state index in [1.807, 2.05) is 11.6 Å². The zero-order valence-corrected chi connectivity index (χ0v) is 10.4. The van der Waals surface area contributed by atoms with Gasteiger partial charge in [-0.2, -0.15) is 0 Å². The smallest absolute Gasteiger partial charge is 0.172 e. The molecule has 0 atom stereocenters. The van der Waals surface area contributed by atoms with Crippen LogP contribution in [-0.4, -0.2) is 20.6 Å². The quantitative estimate of drug-likeness (QED) is 0.384. The van der Waals surface area contributed by atoms with Crippen molar-refractivity contribution in [2.24, 2.45) is 17.9 Å². The Balaban J connectivity index is 2.42. The summed E-state index contributed by atoms with van der Waals surface area (Å²) in [6.45, 7) is 0. The van der Waals surface area contributed by atoms with Gasteiger partial charge < -0.3 is 15.5 Å². The summed E-state index contributed by atoms with van der Waals surface area (Å²) >= 11 is 1.31. The predicted octanol–water partition coefficient (Wildman–Crippen LogP) is 1.80. The van der Waals surface area contributed by atoms with Crippen LogP contribution in [0.1, 0.15) is 5.56 Å². The van der Waals surface area contributed by atoms with E-state index < -0.39 is 5.82 Å². The lowest BCUT2D eigenvalue weighted by atomic mass is 10.2. The summed E-state index contributed by atoms with van der Waals surface area (Å²) in [6, 6.07) is 4.11. The first-order chi connectivity index (χ1) is 8.61. The number of aromatic nitrogens is 2. The zero-order valence-electron chi connectivity index (χ0n) is 9.54. The fourth-order valence-corrected chi connectivity index (χ4v) is 2.32. The van der Waals surface area contributed by atoms with Crippen LogP contribution in [0.25, 0.3) is 0 Å². The highest BCUT2D eigenvalue weighted by molar-refractivity contribution is 7.99. The fourth-order valence-electron chi connectivity index (χ4n) is 1.39. The van der Waals surface area contributed by atoms with Crippen molar-refractivity contribution in [3.8, 4) is 0 Å². The highest BCUT2D eigenvalue weighted by atomic mass is 32.2. The Hall–Kier alpha value is -2.02. The molecular weight excluding hydrogens is 255 g/mol. The van der Waals surface area contributed by atoms with E-state index in [1.54, 1.807) is 18.5 Å². The number of rotatable bonds is 3. The molecule has 0 unspecified atom stereocenters. The van der Waals surface area contributed by atoms with E-state index in [4.69, 9.17) is 10.9 Å². The normalized spacial score (nSPS) is 11.8. The molecule has 0 radical (unpaired) electrons. The van der Waals surface area contributed by atoms with Gasteiger partial charge in [0.1, 0.15) is 5.82 Å². The van der Waals surface area contributed by atoms with Gasteiger partial charge in [-0.25, -0.2) is 9.37 Å². The first-order valence-corrected chi connectivity index (χ1v) is 5.86. The maximum absolute atomic E-state index is 13.2. The van der Waals surface area contributed by atoms with Crippen molar-refractivity contribution in [3.05, 3.63) is 42.0 Å². The van der Waals surface area contributed by atoms with Crippen LogP contribution in [0.4, 0.5) is 4.39 Å². The van der Waals surface area contributed by atoms with E-state index in [0.717, 1.165) is 5.16 Å². The molecule has 0 aliphatic carbocycles. The monoisotopic (exact) mass is 266 g/mol. The van der Waals surface area contributed by atoms with Crippen molar-refractivity contribution in [2.75, 3.05) is 0 Å². The number of benzene rings is 1. The Morgan fingerprint density at radius 1 is 1.56 bits per heavy atom. The molecule has 0 fully saturated rings. The van der Waals surface area contributed by atoms with Crippen molar-refractivity contribution >= 4 is 17.6 Å². The number of oxime groups is 1. The summed E-state index contributed by atoms with van der Waals surface area (Å²) in [4.78, 5) is 4.82. The van der Waals surface area contributed by atoms with Gasteiger partial charge in [0.25, 0.3) is 0 Å². The Kier molecular flexibility index (Phi) is 3.52. The van der Waals surface area contributed by atoms with Crippen LogP contribution in [0.2, 0.25) is 0 Å².